The summed E-state index contributed by atoms with van der Waals surface area (Å²) in [5, 5.41) is 7.86. The molecule has 114 valence electrons. The summed E-state index contributed by atoms with van der Waals surface area (Å²) in [4.78, 5) is 9.49. The van der Waals surface area contributed by atoms with E-state index in [1.165, 1.54) is 5.56 Å². The van der Waals surface area contributed by atoms with Crippen molar-refractivity contribution in [2.24, 2.45) is 7.05 Å². The van der Waals surface area contributed by atoms with Gasteiger partial charge in [-0.3, -0.25) is 4.68 Å². The van der Waals surface area contributed by atoms with Crippen LogP contribution in [0.1, 0.15) is 50.6 Å². The fourth-order valence-corrected chi connectivity index (χ4v) is 2.68. The van der Waals surface area contributed by atoms with Gasteiger partial charge in [-0.1, -0.05) is 20.8 Å². The quantitative estimate of drug-likeness (QED) is 0.916. The Morgan fingerprint density at radius 3 is 2.52 bits per heavy atom. The number of aromatic nitrogens is 4. The first-order chi connectivity index (χ1) is 9.97. The Bertz CT molecular complexity index is 628. The molecule has 0 bridgehead atoms. The van der Waals surface area contributed by atoms with E-state index in [0.717, 1.165) is 41.6 Å². The number of hydrogen-bond acceptors (Lipinski definition) is 4. The molecule has 0 saturated heterocycles. The second-order valence-electron chi connectivity index (χ2n) is 5.60. The van der Waals surface area contributed by atoms with Crippen LogP contribution in [-0.4, -0.2) is 26.3 Å². The van der Waals surface area contributed by atoms with Crippen LogP contribution < -0.4 is 5.32 Å². The molecule has 2 rings (SSSR count). The molecule has 0 saturated carbocycles. The molecular formula is C16H25N5. The van der Waals surface area contributed by atoms with Gasteiger partial charge in [0, 0.05) is 31.0 Å². The van der Waals surface area contributed by atoms with E-state index in [-0.39, 0.29) is 0 Å². The van der Waals surface area contributed by atoms with Crippen LogP contribution in [0.3, 0.4) is 0 Å². The fraction of sp³-hybridized carbons (Fsp3) is 0.562. The maximum Gasteiger partial charge on any atom is 0.165 e. The number of nitrogens with one attached hydrogen (secondary N) is 1. The third-order valence-electron chi connectivity index (χ3n) is 3.54. The van der Waals surface area contributed by atoms with Gasteiger partial charge >= 0.3 is 0 Å². The molecule has 1 N–H and O–H groups in total. The van der Waals surface area contributed by atoms with Crippen molar-refractivity contribution < 1.29 is 0 Å². The first-order valence-corrected chi connectivity index (χ1v) is 7.63. The van der Waals surface area contributed by atoms with Gasteiger partial charge in [0.2, 0.25) is 0 Å². The van der Waals surface area contributed by atoms with Crippen LogP contribution >= 0.6 is 0 Å². The molecule has 0 fully saturated rings. The van der Waals surface area contributed by atoms with Crippen molar-refractivity contribution in [1.82, 2.24) is 19.7 Å². The topological polar surface area (TPSA) is 55.6 Å². The highest BCUT2D eigenvalue weighted by Gasteiger charge is 2.18. The zero-order chi connectivity index (χ0) is 15.6. The van der Waals surface area contributed by atoms with Crippen LogP contribution in [-0.2, 0) is 13.5 Å². The normalized spacial score (nSPS) is 11.2. The molecule has 21 heavy (non-hydrogen) atoms. The lowest BCUT2D eigenvalue weighted by Gasteiger charge is -2.16. The number of anilines is 1. The van der Waals surface area contributed by atoms with Crippen LogP contribution in [0.2, 0.25) is 0 Å². The summed E-state index contributed by atoms with van der Waals surface area (Å²) < 4.78 is 1.83. The van der Waals surface area contributed by atoms with Crippen LogP contribution in [0.25, 0.3) is 11.4 Å². The predicted octanol–water partition coefficient (Wildman–Crippen LogP) is 3.30. The molecule has 0 amide bonds. The summed E-state index contributed by atoms with van der Waals surface area (Å²) in [6, 6.07) is 0. The monoisotopic (exact) mass is 287 g/mol. The van der Waals surface area contributed by atoms with Crippen molar-refractivity contribution in [3.8, 4) is 11.4 Å². The zero-order valence-electron chi connectivity index (χ0n) is 13.9. The van der Waals surface area contributed by atoms with Gasteiger partial charge in [-0.15, -0.1) is 0 Å². The number of nitrogens with zero attached hydrogens (tertiary/aromatic N) is 4. The average Bonchev–Trinajstić information content (AvgIpc) is 2.79. The molecule has 5 nitrogen and oxygen atoms in total. The second-order valence-corrected chi connectivity index (χ2v) is 5.60. The minimum Gasteiger partial charge on any atom is -0.370 e. The van der Waals surface area contributed by atoms with Gasteiger partial charge < -0.3 is 5.32 Å². The van der Waals surface area contributed by atoms with Gasteiger partial charge in [0.15, 0.2) is 5.82 Å². The van der Waals surface area contributed by atoms with Gasteiger partial charge in [0.05, 0.1) is 11.3 Å². The minimum atomic E-state index is 0.396. The Morgan fingerprint density at radius 2 is 1.95 bits per heavy atom. The van der Waals surface area contributed by atoms with Crippen molar-refractivity contribution in [3.05, 3.63) is 23.1 Å². The number of aryl methyl sites for hydroxylation is 3. The van der Waals surface area contributed by atoms with Gasteiger partial charge in [-0.05, 0) is 26.2 Å². The molecule has 0 aliphatic rings. The third-order valence-corrected chi connectivity index (χ3v) is 3.54. The first kappa shape index (κ1) is 15.5. The van der Waals surface area contributed by atoms with Crippen molar-refractivity contribution >= 4 is 5.82 Å². The van der Waals surface area contributed by atoms with Crippen molar-refractivity contribution in [1.29, 1.82) is 0 Å². The largest absolute Gasteiger partial charge is 0.370 e. The molecule has 0 radical (unpaired) electrons. The van der Waals surface area contributed by atoms with E-state index in [0.29, 0.717) is 5.92 Å². The molecule has 0 aliphatic carbocycles. The molecule has 0 atom stereocenters. The van der Waals surface area contributed by atoms with Crippen molar-refractivity contribution in [2.45, 2.75) is 47.0 Å². The standard InChI is InChI=1S/C16H25N5/c1-7-13-12(9-21(6)20-13)15-18-11(5)14(10(3)4)16(19-15)17-8-2/h9-10H,7-8H2,1-6H3,(H,17,18,19). The van der Waals surface area contributed by atoms with Crippen LogP contribution in [0.4, 0.5) is 5.82 Å². The van der Waals surface area contributed by atoms with E-state index in [9.17, 15) is 0 Å². The molecule has 2 aromatic heterocycles. The Labute approximate surface area is 126 Å². The summed E-state index contributed by atoms with van der Waals surface area (Å²) >= 11 is 0. The Kier molecular flexibility index (Phi) is 4.60. The van der Waals surface area contributed by atoms with E-state index in [4.69, 9.17) is 9.97 Å². The summed E-state index contributed by atoms with van der Waals surface area (Å²) in [6.45, 7) is 11.4. The molecule has 0 aliphatic heterocycles. The minimum absolute atomic E-state index is 0.396. The fourth-order valence-electron chi connectivity index (χ4n) is 2.68. The first-order valence-electron chi connectivity index (χ1n) is 7.63. The summed E-state index contributed by atoms with van der Waals surface area (Å²) in [5.41, 5.74) is 4.30. The molecule has 2 aromatic rings. The molecule has 0 unspecified atom stereocenters. The highest BCUT2D eigenvalue weighted by molar-refractivity contribution is 5.62. The van der Waals surface area contributed by atoms with Crippen LogP contribution in [0, 0.1) is 6.92 Å². The zero-order valence-corrected chi connectivity index (χ0v) is 13.9. The Morgan fingerprint density at radius 1 is 1.24 bits per heavy atom. The second kappa shape index (κ2) is 6.24. The third kappa shape index (κ3) is 3.06. The highest BCUT2D eigenvalue weighted by atomic mass is 15.3. The summed E-state index contributed by atoms with van der Waals surface area (Å²) in [7, 11) is 1.93. The lowest BCUT2D eigenvalue weighted by Crippen LogP contribution is -2.09. The van der Waals surface area contributed by atoms with E-state index >= 15 is 0 Å². The smallest absolute Gasteiger partial charge is 0.165 e. The molecule has 0 aromatic carbocycles. The summed E-state index contributed by atoms with van der Waals surface area (Å²) in [5.74, 6) is 2.10. The molecular weight excluding hydrogens is 262 g/mol. The lowest BCUT2D eigenvalue weighted by atomic mass is 10.0. The maximum absolute atomic E-state index is 4.76. The maximum atomic E-state index is 4.76. The Balaban J connectivity index is 2.60. The Hall–Kier alpha value is -1.91. The van der Waals surface area contributed by atoms with Gasteiger partial charge in [0.25, 0.3) is 0 Å². The number of hydrogen-bond donors (Lipinski definition) is 1. The van der Waals surface area contributed by atoms with Gasteiger partial charge in [-0.2, -0.15) is 5.10 Å². The average molecular weight is 287 g/mol. The number of rotatable bonds is 5. The van der Waals surface area contributed by atoms with E-state index in [1.54, 1.807) is 0 Å². The summed E-state index contributed by atoms with van der Waals surface area (Å²) in [6.07, 6.45) is 2.87. The molecule has 0 spiro atoms. The van der Waals surface area contributed by atoms with Crippen LogP contribution in [0.15, 0.2) is 6.20 Å². The lowest BCUT2D eigenvalue weighted by molar-refractivity contribution is 0.746. The van der Waals surface area contributed by atoms with Gasteiger partial charge in [-0.25, -0.2) is 9.97 Å². The highest BCUT2D eigenvalue weighted by Crippen LogP contribution is 2.29. The van der Waals surface area contributed by atoms with E-state index in [2.05, 4.69) is 45.0 Å². The van der Waals surface area contributed by atoms with Gasteiger partial charge in [0.1, 0.15) is 5.82 Å². The predicted molar refractivity (Wildman–Crippen MR) is 86.6 cm³/mol. The molecule has 5 heteroatoms. The van der Waals surface area contributed by atoms with Crippen molar-refractivity contribution in [3.63, 3.8) is 0 Å². The SMILES string of the molecule is CCNc1nc(-c2cn(C)nc2CC)nc(C)c1C(C)C. The van der Waals surface area contributed by atoms with Crippen LogP contribution in [0.5, 0.6) is 0 Å². The van der Waals surface area contributed by atoms with Crippen molar-refractivity contribution in [2.75, 3.05) is 11.9 Å². The van der Waals surface area contributed by atoms with E-state index < -0.39 is 0 Å². The van der Waals surface area contributed by atoms with E-state index in [1.807, 2.05) is 17.9 Å². The molecule has 2 heterocycles.